The molecule has 0 fully saturated rings. The van der Waals surface area contributed by atoms with Crippen molar-refractivity contribution in [2.24, 2.45) is 0 Å². The average molecular weight is 351 g/mol. The monoisotopic (exact) mass is 351 g/mol. The van der Waals surface area contributed by atoms with Crippen LogP contribution >= 0.6 is 0 Å². The van der Waals surface area contributed by atoms with Crippen LogP contribution in [0.25, 0.3) is 0 Å². The highest BCUT2D eigenvalue weighted by Crippen LogP contribution is 2.31. The van der Waals surface area contributed by atoms with Crippen LogP contribution in [0.2, 0.25) is 0 Å². The molecule has 1 aliphatic heterocycles. The van der Waals surface area contributed by atoms with E-state index in [1.165, 1.54) is 25.3 Å². The van der Waals surface area contributed by atoms with E-state index in [0.29, 0.717) is 5.75 Å². The Bertz CT molecular complexity index is 730. The number of ether oxygens (including phenoxy) is 3. The first-order valence-electron chi connectivity index (χ1n) is 7.35. The Hall–Kier alpha value is -3.30. The number of hydrogen-bond donors (Lipinski definition) is 2. The number of carbonyl (C=O) groups is 2. The van der Waals surface area contributed by atoms with E-state index in [1.807, 2.05) is 0 Å². The minimum Gasteiger partial charge on any atom is -0.496 e. The second-order valence-corrected chi connectivity index (χ2v) is 4.86. The molecule has 10 nitrogen and oxygen atoms in total. The quantitative estimate of drug-likeness (QED) is 0.428. The van der Waals surface area contributed by atoms with Crippen LogP contribution in [-0.2, 0) is 9.53 Å². The van der Waals surface area contributed by atoms with Crippen molar-refractivity contribution in [3.63, 3.8) is 0 Å². The van der Waals surface area contributed by atoms with Gasteiger partial charge in [-0.15, -0.1) is 0 Å². The zero-order valence-electron chi connectivity index (χ0n) is 13.7. The number of urea groups is 1. The number of rotatable bonds is 7. The van der Waals surface area contributed by atoms with Crippen molar-refractivity contribution in [3.05, 3.63) is 39.6 Å². The second kappa shape index (κ2) is 7.99. The van der Waals surface area contributed by atoms with Gasteiger partial charge >= 0.3 is 17.7 Å². The van der Waals surface area contributed by atoms with E-state index >= 15 is 0 Å². The number of methoxy groups -OCH3 is 1. The third kappa shape index (κ3) is 4.37. The lowest BCUT2D eigenvalue weighted by atomic mass is 10.1. The van der Waals surface area contributed by atoms with Gasteiger partial charge in [-0.05, 0) is 19.1 Å². The summed E-state index contributed by atoms with van der Waals surface area (Å²) in [6, 6.07) is 3.60. The molecule has 2 rings (SSSR count). The summed E-state index contributed by atoms with van der Waals surface area (Å²) in [7, 11) is 1.39. The normalized spacial score (nSPS) is 13.6. The van der Waals surface area contributed by atoms with Gasteiger partial charge in [-0.3, -0.25) is 10.1 Å². The SMILES string of the molecule is CCOC(=O)C1=C(COc2ccc(OC)cc2[N+](=O)[O-])NC(=O)NC1. The first-order chi connectivity index (χ1) is 12.0. The molecular weight excluding hydrogens is 334 g/mol. The third-order valence-electron chi connectivity index (χ3n) is 3.31. The second-order valence-electron chi connectivity index (χ2n) is 4.86. The Labute approximate surface area is 142 Å². The number of carbonyl (C=O) groups excluding carboxylic acids is 2. The van der Waals surface area contributed by atoms with Crippen molar-refractivity contribution in [1.82, 2.24) is 10.6 Å². The molecule has 1 aromatic rings. The van der Waals surface area contributed by atoms with Crippen LogP contribution < -0.4 is 20.1 Å². The maximum atomic E-state index is 11.9. The van der Waals surface area contributed by atoms with Gasteiger partial charge in [0.15, 0.2) is 5.75 Å². The minimum atomic E-state index is -0.612. The van der Waals surface area contributed by atoms with E-state index in [0.717, 1.165) is 0 Å². The molecule has 0 radical (unpaired) electrons. The van der Waals surface area contributed by atoms with Gasteiger partial charge < -0.3 is 24.8 Å². The fourth-order valence-corrected chi connectivity index (χ4v) is 2.11. The molecule has 2 N–H and O–H groups in total. The summed E-state index contributed by atoms with van der Waals surface area (Å²) >= 11 is 0. The fourth-order valence-electron chi connectivity index (χ4n) is 2.11. The Morgan fingerprint density at radius 3 is 2.80 bits per heavy atom. The van der Waals surface area contributed by atoms with E-state index in [-0.39, 0.29) is 42.5 Å². The van der Waals surface area contributed by atoms with Crippen LogP contribution in [0, 0.1) is 10.1 Å². The Kier molecular flexibility index (Phi) is 5.77. The summed E-state index contributed by atoms with van der Waals surface area (Å²) in [6.07, 6.45) is 0. The van der Waals surface area contributed by atoms with Crippen molar-refractivity contribution in [2.45, 2.75) is 6.92 Å². The van der Waals surface area contributed by atoms with Crippen molar-refractivity contribution in [2.75, 3.05) is 26.9 Å². The predicted molar refractivity (Wildman–Crippen MR) is 85.3 cm³/mol. The van der Waals surface area contributed by atoms with Gasteiger partial charge in [-0.1, -0.05) is 0 Å². The molecule has 2 amide bonds. The van der Waals surface area contributed by atoms with Crippen molar-refractivity contribution in [3.8, 4) is 11.5 Å². The van der Waals surface area contributed by atoms with Crippen LogP contribution in [0.15, 0.2) is 29.5 Å². The number of benzene rings is 1. The highest BCUT2D eigenvalue weighted by Gasteiger charge is 2.25. The highest BCUT2D eigenvalue weighted by atomic mass is 16.6. The lowest BCUT2D eigenvalue weighted by Gasteiger charge is -2.21. The smallest absolute Gasteiger partial charge is 0.337 e. The molecule has 0 unspecified atom stereocenters. The summed E-state index contributed by atoms with van der Waals surface area (Å²) in [4.78, 5) is 34.0. The zero-order chi connectivity index (χ0) is 18.4. The average Bonchev–Trinajstić information content (AvgIpc) is 2.59. The van der Waals surface area contributed by atoms with E-state index in [1.54, 1.807) is 6.92 Å². The summed E-state index contributed by atoms with van der Waals surface area (Å²) < 4.78 is 15.3. The van der Waals surface area contributed by atoms with Gasteiger partial charge in [-0.25, -0.2) is 9.59 Å². The highest BCUT2D eigenvalue weighted by molar-refractivity contribution is 5.93. The lowest BCUT2D eigenvalue weighted by molar-refractivity contribution is -0.385. The molecule has 1 aliphatic rings. The number of nitrogens with one attached hydrogen (secondary N) is 2. The predicted octanol–water partition coefficient (Wildman–Crippen LogP) is 1.11. The van der Waals surface area contributed by atoms with Crippen LogP contribution in [0.3, 0.4) is 0 Å². The van der Waals surface area contributed by atoms with E-state index < -0.39 is 16.9 Å². The summed E-state index contributed by atoms with van der Waals surface area (Å²) in [5, 5.41) is 16.1. The number of nitrogens with zero attached hydrogens (tertiary/aromatic N) is 1. The molecule has 1 aromatic carbocycles. The molecule has 0 saturated carbocycles. The summed E-state index contributed by atoms with van der Waals surface area (Å²) in [5.41, 5.74) is 0.0860. The number of amides is 2. The molecule has 25 heavy (non-hydrogen) atoms. The van der Waals surface area contributed by atoms with Crippen LogP contribution in [-0.4, -0.2) is 43.8 Å². The lowest BCUT2D eigenvalue weighted by Crippen LogP contribution is -2.45. The number of nitro benzene ring substituents is 1. The number of hydrogen-bond acceptors (Lipinski definition) is 7. The van der Waals surface area contributed by atoms with Crippen LogP contribution in [0.4, 0.5) is 10.5 Å². The molecule has 0 aliphatic carbocycles. The molecule has 134 valence electrons. The zero-order valence-corrected chi connectivity index (χ0v) is 13.7. The van der Waals surface area contributed by atoms with E-state index in [2.05, 4.69) is 10.6 Å². The Morgan fingerprint density at radius 2 is 2.16 bits per heavy atom. The molecule has 0 spiro atoms. The molecule has 0 saturated heterocycles. The van der Waals surface area contributed by atoms with Gasteiger partial charge in [-0.2, -0.15) is 0 Å². The van der Waals surface area contributed by atoms with Crippen molar-refractivity contribution >= 4 is 17.7 Å². The molecule has 10 heteroatoms. The molecule has 1 heterocycles. The minimum absolute atomic E-state index is 0.0192. The van der Waals surface area contributed by atoms with Crippen molar-refractivity contribution in [1.29, 1.82) is 0 Å². The molecule has 0 aromatic heterocycles. The largest absolute Gasteiger partial charge is 0.496 e. The summed E-state index contributed by atoms with van der Waals surface area (Å²) in [6.45, 7) is 1.57. The maximum absolute atomic E-state index is 11.9. The molecule has 0 atom stereocenters. The fraction of sp³-hybridized carbons (Fsp3) is 0.333. The topological polar surface area (TPSA) is 129 Å². The van der Waals surface area contributed by atoms with Gasteiger partial charge in [0.05, 0.1) is 42.5 Å². The van der Waals surface area contributed by atoms with Crippen LogP contribution in [0.5, 0.6) is 11.5 Å². The Morgan fingerprint density at radius 1 is 1.40 bits per heavy atom. The first-order valence-corrected chi connectivity index (χ1v) is 7.35. The van der Waals surface area contributed by atoms with Crippen molar-refractivity contribution < 1.29 is 28.7 Å². The van der Waals surface area contributed by atoms with Gasteiger partial charge in [0, 0.05) is 0 Å². The Balaban J connectivity index is 2.24. The van der Waals surface area contributed by atoms with Gasteiger partial charge in [0.25, 0.3) is 0 Å². The van der Waals surface area contributed by atoms with Gasteiger partial charge in [0.2, 0.25) is 0 Å². The van der Waals surface area contributed by atoms with Gasteiger partial charge in [0.1, 0.15) is 12.4 Å². The number of esters is 1. The maximum Gasteiger partial charge on any atom is 0.337 e. The summed E-state index contributed by atoms with van der Waals surface area (Å²) in [5.74, 6) is -0.312. The third-order valence-corrected chi connectivity index (χ3v) is 3.31. The first kappa shape index (κ1) is 18.0. The van der Waals surface area contributed by atoms with E-state index in [4.69, 9.17) is 14.2 Å². The van der Waals surface area contributed by atoms with Crippen LogP contribution in [0.1, 0.15) is 6.92 Å². The molecule has 0 bridgehead atoms. The molecular formula is C15H17N3O7. The van der Waals surface area contributed by atoms with E-state index in [9.17, 15) is 19.7 Å². The number of nitro groups is 1. The standard InChI is InChI=1S/C15H17N3O7/c1-3-24-14(19)10-7-16-15(20)17-11(10)8-25-13-5-4-9(23-2)6-12(13)18(21)22/h4-6H,3,7-8H2,1-2H3,(H2,16,17,20).